The van der Waals surface area contributed by atoms with Crippen LogP contribution in [0.1, 0.15) is 30.5 Å². The van der Waals surface area contributed by atoms with E-state index < -0.39 is 0 Å². The molecule has 4 aromatic heterocycles. The molecule has 1 atom stereocenters. The first kappa shape index (κ1) is 18.4. The first-order chi connectivity index (χ1) is 16.3. The van der Waals surface area contributed by atoms with Gasteiger partial charge in [0.25, 0.3) is 0 Å². The summed E-state index contributed by atoms with van der Waals surface area (Å²) in [5.41, 5.74) is 10.4. The minimum Gasteiger partial charge on any atom is -0.308 e. The van der Waals surface area contributed by atoms with E-state index in [0.29, 0.717) is 5.92 Å². The SMILES string of the molecule is CC1CC=Cc2c1c1ncccc1n2-c1cccc(-n2c3ccccc3c3ncccc32)c1. The number of pyridine rings is 2. The van der Waals surface area contributed by atoms with Crippen molar-refractivity contribution in [1.29, 1.82) is 0 Å². The van der Waals surface area contributed by atoms with Gasteiger partial charge in [0.1, 0.15) is 0 Å². The summed E-state index contributed by atoms with van der Waals surface area (Å²) in [4.78, 5) is 9.47. The molecule has 0 bridgehead atoms. The summed E-state index contributed by atoms with van der Waals surface area (Å²) in [6, 6.07) is 25.7. The molecular formula is C29H22N4. The lowest BCUT2D eigenvalue weighted by molar-refractivity contribution is 0.771. The summed E-state index contributed by atoms with van der Waals surface area (Å²) < 4.78 is 4.68. The van der Waals surface area contributed by atoms with Crippen molar-refractivity contribution in [1.82, 2.24) is 19.1 Å². The van der Waals surface area contributed by atoms with Crippen LogP contribution >= 0.6 is 0 Å². The van der Waals surface area contributed by atoms with E-state index in [1.807, 2.05) is 24.5 Å². The van der Waals surface area contributed by atoms with Gasteiger partial charge in [-0.15, -0.1) is 0 Å². The second-order valence-corrected chi connectivity index (χ2v) is 8.79. The van der Waals surface area contributed by atoms with Crippen LogP contribution in [0.4, 0.5) is 0 Å². The van der Waals surface area contributed by atoms with Gasteiger partial charge in [0.15, 0.2) is 0 Å². The van der Waals surface area contributed by atoms with E-state index in [0.717, 1.165) is 45.4 Å². The monoisotopic (exact) mass is 426 g/mol. The number of allylic oxidation sites excluding steroid dienone is 1. The predicted molar refractivity (Wildman–Crippen MR) is 135 cm³/mol. The first-order valence-corrected chi connectivity index (χ1v) is 11.4. The Balaban J connectivity index is 1.53. The van der Waals surface area contributed by atoms with Crippen LogP contribution < -0.4 is 0 Å². The molecule has 4 heteroatoms. The van der Waals surface area contributed by atoms with Crippen LogP contribution in [0.25, 0.3) is 50.4 Å². The highest BCUT2D eigenvalue weighted by Gasteiger charge is 2.24. The molecule has 0 N–H and O–H groups in total. The van der Waals surface area contributed by atoms with Crippen molar-refractivity contribution in [3.8, 4) is 11.4 Å². The molecule has 0 radical (unpaired) electrons. The van der Waals surface area contributed by atoms with Gasteiger partial charge in [-0.05, 0) is 66.9 Å². The zero-order valence-electron chi connectivity index (χ0n) is 18.3. The largest absolute Gasteiger partial charge is 0.308 e. The summed E-state index contributed by atoms with van der Waals surface area (Å²) in [7, 11) is 0. The first-order valence-electron chi connectivity index (χ1n) is 11.4. The minimum atomic E-state index is 0.454. The van der Waals surface area contributed by atoms with E-state index >= 15 is 0 Å². The lowest BCUT2D eigenvalue weighted by Gasteiger charge is -2.17. The molecule has 33 heavy (non-hydrogen) atoms. The van der Waals surface area contributed by atoms with E-state index in [-0.39, 0.29) is 0 Å². The number of benzene rings is 2. The van der Waals surface area contributed by atoms with Crippen LogP contribution in [-0.2, 0) is 0 Å². The Hall–Kier alpha value is -4.18. The molecule has 4 nitrogen and oxygen atoms in total. The van der Waals surface area contributed by atoms with Gasteiger partial charge in [0.05, 0.1) is 33.3 Å². The third-order valence-electron chi connectivity index (χ3n) is 6.83. The average molecular weight is 427 g/mol. The highest BCUT2D eigenvalue weighted by atomic mass is 15.0. The van der Waals surface area contributed by atoms with Gasteiger partial charge in [0, 0.05) is 34.7 Å². The van der Waals surface area contributed by atoms with E-state index in [2.05, 4.69) is 88.9 Å². The molecule has 0 aliphatic heterocycles. The standard InChI is InChI=1S/C29H22N4/c1-19-8-4-13-24-27(19)29-26(15-7-17-31-29)33(24)21-10-5-9-20(18-21)32-23-12-3-2-11-22(23)28-25(32)14-6-16-30-28/h2-7,9-19H,8H2,1H3. The quantitative estimate of drug-likeness (QED) is 0.298. The lowest BCUT2D eigenvalue weighted by atomic mass is 9.92. The molecule has 1 unspecified atom stereocenters. The molecule has 0 fully saturated rings. The smallest absolute Gasteiger partial charge is 0.0963 e. The van der Waals surface area contributed by atoms with Crippen LogP contribution in [0, 0.1) is 0 Å². The predicted octanol–water partition coefficient (Wildman–Crippen LogP) is 7.04. The zero-order chi connectivity index (χ0) is 21.9. The minimum absolute atomic E-state index is 0.454. The van der Waals surface area contributed by atoms with Crippen LogP contribution in [0.15, 0.2) is 91.3 Å². The molecule has 0 amide bonds. The average Bonchev–Trinajstić information content (AvgIpc) is 3.38. The summed E-state index contributed by atoms with van der Waals surface area (Å²) in [6.07, 6.45) is 9.36. The number of fused-ring (bicyclic) bond motifs is 6. The van der Waals surface area contributed by atoms with Crippen molar-refractivity contribution >= 4 is 39.0 Å². The second-order valence-electron chi connectivity index (χ2n) is 8.79. The number of para-hydroxylation sites is 1. The van der Waals surface area contributed by atoms with Gasteiger partial charge in [-0.2, -0.15) is 0 Å². The van der Waals surface area contributed by atoms with Gasteiger partial charge in [0.2, 0.25) is 0 Å². The molecule has 0 saturated heterocycles. The Labute approximate surface area is 191 Å². The van der Waals surface area contributed by atoms with E-state index in [4.69, 9.17) is 9.97 Å². The van der Waals surface area contributed by atoms with Crippen LogP contribution in [0.3, 0.4) is 0 Å². The number of hydrogen-bond donors (Lipinski definition) is 0. The maximum absolute atomic E-state index is 4.78. The van der Waals surface area contributed by atoms with E-state index in [9.17, 15) is 0 Å². The van der Waals surface area contributed by atoms with Crippen molar-refractivity contribution in [2.75, 3.05) is 0 Å². The Bertz CT molecular complexity index is 1660. The molecule has 0 saturated carbocycles. The van der Waals surface area contributed by atoms with Crippen LogP contribution in [0.2, 0.25) is 0 Å². The second kappa shape index (κ2) is 6.91. The molecule has 0 spiro atoms. The Morgan fingerprint density at radius 3 is 2.27 bits per heavy atom. The summed E-state index contributed by atoms with van der Waals surface area (Å²) in [5, 5.41) is 1.17. The number of rotatable bonds is 2. The van der Waals surface area contributed by atoms with Crippen LogP contribution in [0.5, 0.6) is 0 Å². The maximum Gasteiger partial charge on any atom is 0.0963 e. The van der Waals surface area contributed by atoms with Gasteiger partial charge in [-0.1, -0.05) is 37.3 Å². The number of hydrogen-bond acceptors (Lipinski definition) is 2. The van der Waals surface area contributed by atoms with Gasteiger partial charge in [-0.25, -0.2) is 0 Å². The molecule has 7 rings (SSSR count). The Morgan fingerprint density at radius 2 is 1.42 bits per heavy atom. The van der Waals surface area contributed by atoms with Crippen molar-refractivity contribution < 1.29 is 0 Å². The Morgan fingerprint density at radius 1 is 0.727 bits per heavy atom. The van der Waals surface area contributed by atoms with Crippen LogP contribution in [-0.4, -0.2) is 19.1 Å². The van der Waals surface area contributed by atoms with Gasteiger partial charge >= 0.3 is 0 Å². The molecule has 2 aromatic carbocycles. The highest BCUT2D eigenvalue weighted by molar-refractivity contribution is 6.07. The topological polar surface area (TPSA) is 35.6 Å². The zero-order valence-corrected chi connectivity index (χ0v) is 18.3. The third kappa shape index (κ3) is 2.58. The fraction of sp³-hybridized carbons (Fsp3) is 0.103. The Kier molecular flexibility index (Phi) is 3.85. The van der Waals surface area contributed by atoms with Crippen molar-refractivity contribution in [3.63, 3.8) is 0 Å². The van der Waals surface area contributed by atoms with Crippen molar-refractivity contribution in [2.45, 2.75) is 19.3 Å². The molecular weight excluding hydrogens is 404 g/mol. The van der Waals surface area contributed by atoms with Crippen molar-refractivity contribution in [3.05, 3.63) is 103 Å². The highest BCUT2D eigenvalue weighted by Crippen LogP contribution is 2.39. The lowest BCUT2D eigenvalue weighted by Crippen LogP contribution is -2.04. The fourth-order valence-electron chi connectivity index (χ4n) is 5.42. The van der Waals surface area contributed by atoms with Crippen molar-refractivity contribution in [2.24, 2.45) is 0 Å². The molecule has 158 valence electrons. The summed E-state index contributed by atoms with van der Waals surface area (Å²) in [6.45, 7) is 2.29. The number of aromatic nitrogens is 4. The van der Waals surface area contributed by atoms with Gasteiger partial charge < -0.3 is 9.13 Å². The molecule has 4 heterocycles. The molecule has 1 aliphatic rings. The molecule has 1 aliphatic carbocycles. The normalized spacial score (nSPS) is 15.5. The summed E-state index contributed by atoms with van der Waals surface area (Å²) >= 11 is 0. The maximum atomic E-state index is 4.78. The summed E-state index contributed by atoms with van der Waals surface area (Å²) in [5.74, 6) is 0.454. The molecule has 6 aromatic rings. The van der Waals surface area contributed by atoms with E-state index in [1.54, 1.807) is 0 Å². The van der Waals surface area contributed by atoms with E-state index in [1.165, 1.54) is 16.6 Å². The fourth-order valence-corrected chi connectivity index (χ4v) is 5.42. The van der Waals surface area contributed by atoms with Gasteiger partial charge in [-0.3, -0.25) is 9.97 Å². The third-order valence-corrected chi connectivity index (χ3v) is 6.83. The number of nitrogens with zero attached hydrogens (tertiary/aromatic N) is 4.